The SMILES string of the molecule is CCO[C@@H](C)C(=O)NC[C@@H](c1ccc(C)o1)N1CCOCC1. The molecule has 0 aliphatic carbocycles. The summed E-state index contributed by atoms with van der Waals surface area (Å²) in [5.74, 6) is 1.66. The molecule has 0 aromatic carbocycles. The lowest BCUT2D eigenvalue weighted by atomic mass is 10.1. The van der Waals surface area contributed by atoms with Crippen LogP contribution in [0.2, 0.25) is 0 Å². The fraction of sp³-hybridized carbons (Fsp3) is 0.688. The van der Waals surface area contributed by atoms with Crippen molar-refractivity contribution in [1.82, 2.24) is 10.2 Å². The summed E-state index contributed by atoms with van der Waals surface area (Å²) in [6, 6.07) is 3.96. The van der Waals surface area contributed by atoms with Crippen molar-refractivity contribution < 1.29 is 18.7 Å². The highest BCUT2D eigenvalue weighted by Crippen LogP contribution is 2.23. The molecule has 0 unspecified atom stereocenters. The lowest BCUT2D eigenvalue weighted by Crippen LogP contribution is -2.45. The number of furan rings is 1. The van der Waals surface area contributed by atoms with Gasteiger partial charge in [0, 0.05) is 26.2 Å². The number of morpholine rings is 1. The van der Waals surface area contributed by atoms with Gasteiger partial charge in [-0.2, -0.15) is 0 Å². The van der Waals surface area contributed by atoms with E-state index in [4.69, 9.17) is 13.9 Å². The van der Waals surface area contributed by atoms with Crippen molar-refractivity contribution in [3.63, 3.8) is 0 Å². The van der Waals surface area contributed by atoms with E-state index in [0.29, 0.717) is 26.4 Å². The van der Waals surface area contributed by atoms with Crippen LogP contribution < -0.4 is 5.32 Å². The first-order chi connectivity index (χ1) is 10.6. The molecule has 0 bridgehead atoms. The minimum Gasteiger partial charge on any atom is -0.465 e. The summed E-state index contributed by atoms with van der Waals surface area (Å²) in [7, 11) is 0. The molecule has 2 heterocycles. The molecule has 2 rings (SSSR count). The number of carbonyl (C=O) groups is 1. The molecule has 1 aromatic rings. The first-order valence-electron chi connectivity index (χ1n) is 7.89. The van der Waals surface area contributed by atoms with Crippen LogP contribution >= 0.6 is 0 Å². The second-order valence-corrected chi connectivity index (χ2v) is 5.46. The second-order valence-electron chi connectivity index (χ2n) is 5.46. The van der Waals surface area contributed by atoms with Gasteiger partial charge in [-0.1, -0.05) is 0 Å². The molecule has 1 aliphatic rings. The van der Waals surface area contributed by atoms with Crippen molar-refractivity contribution in [2.45, 2.75) is 32.9 Å². The van der Waals surface area contributed by atoms with E-state index in [2.05, 4.69) is 10.2 Å². The van der Waals surface area contributed by atoms with Crippen LogP contribution in [0.25, 0.3) is 0 Å². The van der Waals surface area contributed by atoms with E-state index in [0.717, 1.165) is 24.6 Å². The van der Waals surface area contributed by atoms with Crippen LogP contribution in [0.1, 0.15) is 31.4 Å². The molecule has 1 N–H and O–H groups in total. The topological polar surface area (TPSA) is 63.9 Å². The molecule has 1 saturated heterocycles. The summed E-state index contributed by atoms with van der Waals surface area (Å²) in [6.45, 7) is 9.69. The maximum absolute atomic E-state index is 12.0. The third kappa shape index (κ3) is 4.56. The first-order valence-corrected chi connectivity index (χ1v) is 7.89. The van der Waals surface area contributed by atoms with Gasteiger partial charge in [-0.25, -0.2) is 0 Å². The van der Waals surface area contributed by atoms with Gasteiger partial charge in [-0.05, 0) is 32.9 Å². The Morgan fingerprint density at radius 1 is 1.41 bits per heavy atom. The number of hydrogen-bond donors (Lipinski definition) is 1. The Hall–Kier alpha value is -1.37. The molecule has 6 nitrogen and oxygen atoms in total. The highest BCUT2D eigenvalue weighted by molar-refractivity contribution is 5.80. The Labute approximate surface area is 131 Å². The van der Waals surface area contributed by atoms with Gasteiger partial charge >= 0.3 is 0 Å². The van der Waals surface area contributed by atoms with E-state index in [1.807, 2.05) is 26.0 Å². The Morgan fingerprint density at radius 2 is 2.14 bits per heavy atom. The van der Waals surface area contributed by atoms with E-state index in [1.54, 1.807) is 6.92 Å². The molecule has 1 aliphatic heterocycles. The largest absolute Gasteiger partial charge is 0.465 e. The molecule has 1 fully saturated rings. The molecule has 0 radical (unpaired) electrons. The van der Waals surface area contributed by atoms with E-state index >= 15 is 0 Å². The average molecular weight is 310 g/mol. The van der Waals surface area contributed by atoms with Gasteiger partial charge < -0.3 is 19.2 Å². The zero-order valence-electron chi connectivity index (χ0n) is 13.6. The molecule has 6 heteroatoms. The fourth-order valence-electron chi connectivity index (χ4n) is 2.60. The summed E-state index contributed by atoms with van der Waals surface area (Å²) in [6.07, 6.45) is -0.436. The zero-order valence-corrected chi connectivity index (χ0v) is 13.6. The number of nitrogens with zero attached hydrogens (tertiary/aromatic N) is 1. The van der Waals surface area contributed by atoms with Gasteiger partial charge in [-0.3, -0.25) is 9.69 Å². The summed E-state index contributed by atoms with van der Waals surface area (Å²) in [4.78, 5) is 14.3. The number of ether oxygens (including phenoxy) is 2. The summed E-state index contributed by atoms with van der Waals surface area (Å²) in [5, 5.41) is 2.97. The minimum absolute atomic E-state index is 0.0235. The van der Waals surface area contributed by atoms with Gasteiger partial charge in [0.05, 0.1) is 19.3 Å². The highest BCUT2D eigenvalue weighted by atomic mass is 16.5. The Kier molecular flexibility index (Phi) is 6.42. The van der Waals surface area contributed by atoms with Crippen molar-refractivity contribution >= 4 is 5.91 Å². The Morgan fingerprint density at radius 3 is 2.73 bits per heavy atom. The molecule has 1 amide bonds. The van der Waals surface area contributed by atoms with E-state index in [-0.39, 0.29) is 11.9 Å². The lowest BCUT2D eigenvalue weighted by molar-refractivity contribution is -0.131. The quantitative estimate of drug-likeness (QED) is 0.827. The monoisotopic (exact) mass is 310 g/mol. The van der Waals surface area contributed by atoms with E-state index < -0.39 is 6.10 Å². The molecule has 1 aromatic heterocycles. The maximum atomic E-state index is 12.0. The smallest absolute Gasteiger partial charge is 0.248 e. The third-order valence-electron chi connectivity index (χ3n) is 3.83. The number of aryl methyl sites for hydroxylation is 1. The molecule has 0 spiro atoms. The van der Waals surface area contributed by atoms with Gasteiger partial charge in [0.2, 0.25) is 5.91 Å². The second kappa shape index (κ2) is 8.31. The molecular weight excluding hydrogens is 284 g/mol. The molecule has 0 saturated carbocycles. The van der Waals surface area contributed by atoms with Crippen molar-refractivity contribution in [1.29, 1.82) is 0 Å². The summed E-state index contributed by atoms with van der Waals surface area (Å²) >= 11 is 0. The number of rotatable bonds is 7. The van der Waals surface area contributed by atoms with Gasteiger partial charge in [0.1, 0.15) is 17.6 Å². The average Bonchev–Trinajstić information content (AvgIpc) is 2.95. The summed E-state index contributed by atoms with van der Waals surface area (Å²) in [5.41, 5.74) is 0. The molecule has 22 heavy (non-hydrogen) atoms. The lowest BCUT2D eigenvalue weighted by Gasteiger charge is -2.33. The van der Waals surface area contributed by atoms with Crippen LogP contribution in [0, 0.1) is 6.92 Å². The Balaban J connectivity index is 2.00. The maximum Gasteiger partial charge on any atom is 0.248 e. The van der Waals surface area contributed by atoms with Crippen molar-refractivity contribution in [3.05, 3.63) is 23.7 Å². The standard InChI is InChI=1S/C16H26N2O4/c1-4-21-13(3)16(19)17-11-14(15-6-5-12(2)22-15)18-7-9-20-10-8-18/h5-6,13-14H,4,7-11H2,1-3H3,(H,17,19)/t13-,14-/m0/s1. The fourth-order valence-corrected chi connectivity index (χ4v) is 2.60. The molecule has 2 atom stereocenters. The van der Waals surface area contributed by atoms with Gasteiger partial charge in [0.25, 0.3) is 0 Å². The van der Waals surface area contributed by atoms with Crippen molar-refractivity contribution in [3.8, 4) is 0 Å². The number of nitrogens with one attached hydrogen (secondary N) is 1. The summed E-state index contributed by atoms with van der Waals surface area (Å²) < 4.78 is 16.5. The molecular formula is C16H26N2O4. The first kappa shape index (κ1) is 17.0. The Bertz CT molecular complexity index is 468. The van der Waals surface area contributed by atoms with Crippen molar-refractivity contribution in [2.75, 3.05) is 39.5 Å². The van der Waals surface area contributed by atoms with E-state index in [1.165, 1.54) is 0 Å². The van der Waals surface area contributed by atoms with Crippen molar-refractivity contribution in [2.24, 2.45) is 0 Å². The van der Waals surface area contributed by atoms with Crippen LogP contribution in [0.15, 0.2) is 16.5 Å². The number of amides is 1. The van der Waals surface area contributed by atoms with E-state index in [9.17, 15) is 4.79 Å². The molecule has 124 valence electrons. The van der Waals surface area contributed by atoms with Crippen LogP contribution in [-0.4, -0.2) is 56.4 Å². The van der Waals surface area contributed by atoms with Crippen LogP contribution in [0.5, 0.6) is 0 Å². The van der Waals surface area contributed by atoms with Crippen LogP contribution in [0.3, 0.4) is 0 Å². The third-order valence-corrected chi connectivity index (χ3v) is 3.83. The normalized spacial score (nSPS) is 18.9. The minimum atomic E-state index is -0.436. The van der Waals surface area contributed by atoms with Gasteiger partial charge in [0.15, 0.2) is 0 Å². The number of carbonyl (C=O) groups excluding carboxylic acids is 1. The van der Waals surface area contributed by atoms with Crippen LogP contribution in [0.4, 0.5) is 0 Å². The highest BCUT2D eigenvalue weighted by Gasteiger charge is 2.26. The van der Waals surface area contributed by atoms with Gasteiger partial charge in [-0.15, -0.1) is 0 Å². The zero-order chi connectivity index (χ0) is 15.9. The van der Waals surface area contributed by atoms with Crippen LogP contribution in [-0.2, 0) is 14.3 Å². The predicted molar refractivity (Wildman–Crippen MR) is 82.7 cm³/mol. The predicted octanol–water partition coefficient (Wildman–Crippen LogP) is 1.50. The number of hydrogen-bond acceptors (Lipinski definition) is 5.